The summed E-state index contributed by atoms with van der Waals surface area (Å²) in [5.74, 6) is 3.03. The van der Waals surface area contributed by atoms with E-state index in [2.05, 4.69) is 12.2 Å². The number of benzene rings is 1. The predicted molar refractivity (Wildman–Crippen MR) is 88.7 cm³/mol. The monoisotopic (exact) mass is 323 g/mol. The van der Waals surface area contributed by atoms with Crippen LogP contribution in [-0.4, -0.2) is 17.7 Å². The molecular weight excluding hydrogens is 302 g/mol. The Labute approximate surface area is 136 Å². The summed E-state index contributed by atoms with van der Waals surface area (Å²) in [5.41, 5.74) is 0. The fourth-order valence-corrected chi connectivity index (χ4v) is 5.06. The number of carbonyl (C=O) groups excluding carboxylic acids is 1. The maximum absolute atomic E-state index is 12.1. The Kier molecular flexibility index (Phi) is 4.80. The molecule has 114 valence electrons. The van der Waals surface area contributed by atoms with Crippen LogP contribution in [0.5, 0.6) is 0 Å². The van der Waals surface area contributed by atoms with E-state index in [0.29, 0.717) is 17.7 Å². The zero-order chi connectivity index (χ0) is 14.8. The van der Waals surface area contributed by atoms with Gasteiger partial charge < -0.3 is 5.32 Å². The first kappa shape index (κ1) is 15.2. The number of halogens is 1. The minimum absolute atomic E-state index is 0.121. The Morgan fingerprint density at radius 1 is 1.38 bits per heavy atom. The average Bonchev–Trinajstić information content (AvgIpc) is 3.09. The minimum atomic E-state index is 0.121. The Morgan fingerprint density at radius 3 is 2.86 bits per heavy atom. The van der Waals surface area contributed by atoms with E-state index in [1.165, 1.54) is 37.4 Å². The first-order valence-corrected chi connectivity index (χ1v) is 9.16. The smallest absolute Gasteiger partial charge is 0.230 e. The van der Waals surface area contributed by atoms with E-state index >= 15 is 0 Å². The van der Waals surface area contributed by atoms with Crippen molar-refractivity contribution < 1.29 is 4.79 Å². The maximum atomic E-state index is 12.1. The quantitative estimate of drug-likeness (QED) is 0.815. The van der Waals surface area contributed by atoms with Crippen molar-refractivity contribution in [2.45, 2.75) is 43.5 Å². The molecule has 2 nitrogen and oxygen atoms in total. The largest absolute Gasteiger partial charge is 0.353 e. The number of hydrogen-bond acceptors (Lipinski definition) is 2. The van der Waals surface area contributed by atoms with Crippen LogP contribution in [0.4, 0.5) is 0 Å². The number of fused-ring (bicyclic) bond motifs is 2. The number of carbonyl (C=O) groups is 1. The van der Waals surface area contributed by atoms with Crippen LogP contribution in [0.15, 0.2) is 29.2 Å². The van der Waals surface area contributed by atoms with Gasteiger partial charge in [0.15, 0.2) is 0 Å². The van der Waals surface area contributed by atoms with E-state index in [1.54, 1.807) is 0 Å². The van der Waals surface area contributed by atoms with Crippen molar-refractivity contribution >= 4 is 29.3 Å². The molecule has 2 saturated carbocycles. The highest BCUT2D eigenvalue weighted by Crippen LogP contribution is 2.49. The third kappa shape index (κ3) is 3.57. The summed E-state index contributed by atoms with van der Waals surface area (Å²) in [6.07, 6.45) is 5.47. The van der Waals surface area contributed by atoms with Gasteiger partial charge in [0.05, 0.1) is 10.8 Å². The number of hydrogen-bond donors (Lipinski definition) is 1. The summed E-state index contributed by atoms with van der Waals surface area (Å²) in [7, 11) is 0. The standard InChI is InChI=1S/C17H22ClNOS/c1-11(14-9-12-6-7-13(14)8-12)19-17(20)10-21-16-5-3-2-4-15(16)18/h2-5,11-14H,6-10H2,1H3,(H,19,20)/t11-,12-,13-,14+/m0/s1. The van der Waals surface area contributed by atoms with E-state index in [-0.39, 0.29) is 5.91 Å². The van der Waals surface area contributed by atoms with E-state index < -0.39 is 0 Å². The first-order valence-electron chi connectivity index (χ1n) is 7.80. The van der Waals surface area contributed by atoms with Gasteiger partial charge in [0.25, 0.3) is 0 Å². The van der Waals surface area contributed by atoms with Gasteiger partial charge in [-0.15, -0.1) is 11.8 Å². The molecule has 21 heavy (non-hydrogen) atoms. The maximum Gasteiger partial charge on any atom is 0.230 e. The lowest BCUT2D eigenvalue weighted by Gasteiger charge is -2.28. The molecule has 0 unspecified atom stereocenters. The molecule has 0 heterocycles. The van der Waals surface area contributed by atoms with Gasteiger partial charge in [-0.1, -0.05) is 30.2 Å². The lowest BCUT2D eigenvalue weighted by molar-refractivity contribution is -0.119. The summed E-state index contributed by atoms with van der Waals surface area (Å²) in [5, 5.41) is 3.91. The van der Waals surface area contributed by atoms with Crippen molar-refractivity contribution in [3.8, 4) is 0 Å². The summed E-state index contributed by atoms with van der Waals surface area (Å²) in [4.78, 5) is 13.1. The van der Waals surface area contributed by atoms with Gasteiger partial charge in [0.1, 0.15) is 0 Å². The van der Waals surface area contributed by atoms with Crippen LogP contribution in [0, 0.1) is 17.8 Å². The lowest BCUT2D eigenvalue weighted by atomic mass is 9.84. The van der Waals surface area contributed by atoms with Gasteiger partial charge in [-0.25, -0.2) is 0 Å². The van der Waals surface area contributed by atoms with Gasteiger partial charge in [-0.05, 0) is 56.1 Å². The van der Waals surface area contributed by atoms with Gasteiger partial charge in [-0.2, -0.15) is 0 Å². The second-order valence-corrected chi connectivity index (χ2v) is 7.84. The third-order valence-electron chi connectivity index (χ3n) is 5.02. The molecule has 0 aromatic heterocycles. The molecule has 0 spiro atoms. The molecule has 3 rings (SSSR count). The third-order valence-corrected chi connectivity index (χ3v) is 6.53. The molecule has 0 aliphatic heterocycles. The van der Waals surface area contributed by atoms with Crippen molar-refractivity contribution in [3.05, 3.63) is 29.3 Å². The zero-order valence-electron chi connectivity index (χ0n) is 12.3. The summed E-state index contributed by atoms with van der Waals surface area (Å²) in [6.45, 7) is 2.17. The highest BCUT2D eigenvalue weighted by atomic mass is 35.5. The van der Waals surface area contributed by atoms with E-state index in [0.717, 1.165) is 21.8 Å². The van der Waals surface area contributed by atoms with Crippen molar-refractivity contribution in [2.75, 3.05) is 5.75 Å². The molecule has 4 atom stereocenters. The molecule has 4 heteroatoms. The summed E-state index contributed by atoms with van der Waals surface area (Å²) >= 11 is 7.62. The number of nitrogens with one attached hydrogen (secondary N) is 1. The molecule has 1 N–H and O–H groups in total. The van der Waals surface area contributed by atoms with Gasteiger partial charge in [0.2, 0.25) is 5.91 Å². The Bertz CT molecular complexity index is 521. The Hall–Kier alpha value is -0.670. The van der Waals surface area contributed by atoms with E-state index in [1.807, 2.05) is 24.3 Å². The molecule has 2 bridgehead atoms. The molecule has 0 saturated heterocycles. The topological polar surface area (TPSA) is 29.1 Å². The van der Waals surface area contributed by atoms with Crippen LogP contribution in [0.2, 0.25) is 5.02 Å². The predicted octanol–water partition coefficient (Wildman–Crippen LogP) is 4.37. The highest BCUT2D eigenvalue weighted by molar-refractivity contribution is 8.00. The van der Waals surface area contributed by atoms with Crippen LogP contribution < -0.4 is 5.32 Å². The molecule has 2 fully saturated rings. The van der Waals surface area contributed by atoms with Gasteiger partial charge in [0, 0.05) is 10.9 Å². The number of rotatable bonds is 5. The fraction of sp³-hybridized carbons (Fsp3) is 0.588. The molecule has 2 aliphatic carbocycles. The molecule has 1 aromatic rings. The van der Waals surface area contributed by atoms with Crippen molar-refractivity contribution in [3.63, 3.8) is 0 Å². The fourth-order valence-electron chi connectivity index (χ4n) is 4.01. The van der Waals surface area contributed by atoms with Crippen LogP contribution >= 0.6 is 23.4 Å². The van der Waals surface area contributed by atoms with Crippen molar-refractivity contribution in [2.24, 2.45) is 17.8 Å². The van der Waals surface area contributed by atoms with Crippen molar-refractivity contribution in [1.82, 2.24) is 5.32 Å². The number of thioether (sulfide) groups is 1. The summed E-state index contributed by atoms with van der Waals surface area (Å²) in [6, 6.07) is 7.98. The summed E-state index contributed by atoms with van der Waals surface area (Å²) < 4.78 is 0. The van der Waals surface area contributed by atoms with Crippen LogP contribution in [0.3, 0.4) is 0 Å². The SMILES string of the molecule is C[C@H](NC(=O)CSc1ccccc1Cl)[C@H]1C[C@H]2CC[C@H]1C2. The number of amides is 1. The molecular formula is C17H22ClNOS. The lowest BCUT2D eigenvalue weighted by Crippen LogP contribution is -2.40. The van der Waals surface area contributed by atoms with Crippen LogP contribution in [0.25, 0.3) is 0 Å². The zero-order valence-corrected chi connectivity index (χ0v) is 13.9. The Morgan fingerprint density at radius 2 is 2.19 bits per heavy atom. The molecule has 1 amide bonds. The molecule has 2 aliphatic rings. The van der Waals surface area contributed by atoms with Crippen molar-refractivity contribution in [1.29, 1.82) is 0 Å². The van der Waals surface area contributed by atoms with Gasteiger partial charge >= 0.3 is 0 Å². The van der Waals surface area contributed by atoms with Gasteiger partial charge in [-0.3, -0.25) is 4.79 Å². The minimum Gasteiger partial charge on any atom is -0.353 e. The van der Waals surface area contributed by atoms with Crippen LogP contribution in [-0.2, 0) is 4.79 Å². The molecule has 1 aromatic carbocycles. The van der Waals surface area contributed by atoms with E-state index in [9.17, 15) is 4.79 Å². The van der Waals surface area contributed by atoms with E-state index in [4.69, 9.17) is 11.6 Å². The van der Waals surface area contributed by atoms with Crippen LogP contribution in [0.1, 0.15) is 32.6 Å². The highest BCUT2D eigenvalue weighted by Gasteiger charge is 2.42. The average molecular weight is 324 g/mol. The second-order valence-electron chi connectivity index (χ2n) is 6.41. The first-order chi connectivity index (χ1) is 10.1. The Balaban J connectivity index is 1.47. The normalized spacial score (nSPS) is 28.6. The molecule has 0 radical (unpaired) electrons. The second kappa shape index (κ2) is 6.62.